The molecule has 4 heteroatoms. The van der Waals surface area contributed by atoms with Crippen molar-refractivity contribution >= 4 is 5.78 Å². The summed E-state index contributed by atoms with van der Waals surface area (Å²) in [5.41, 5.74) is 6.41. The number of carbonyl (C=O) groups excluding carboxylic acids is 1. The molecule has 0 aliphatic heterocycles. The van der Waals surface area contributed by atoms with Crippen molar-refractivity contribution in [3.8, 4) is 5.75 Å². The van der Waals surface area contributed by atoms with Gasteiger partial charge in [-0.1, -0.05) is 6.92 Å². The molecule has 0 aliphatic carbocycles. The zero-order chi connectivity index (χ0) is 13.4. The van der Waals surface area contributed by atoms with Gasteiger partial charge >= 0.3 is 0 Å². The highest BCUT2D eigenvalue weighted by molar-refractivity contribution is 6.00. The molecule has 2 N–H and O–H groups in total. The van der Waals surface area contributed by atoms with Crippen LogP contribution in [0.4, 0.5) is 0 Å². The van der Waals surface area contributed by atoms with E-state index >= 15 is 0 Å². The molecule has 1 aromatic rings. The molecule has 1 unspecified atom stereocenters. The maximum Gasteiger partial charge on any atom is 0.179 e. The fourth-order valence-corrected chi connectivity index (χ4v) is 1.53. The molecule has 0 radical (unpaired) electrons. The van der Waals surface area contributed by atoms with Gasteiger partial charge in [-0.15, -0.1) is 0 Å². The van der Waals surface area contributed by atoms with Gasteiger partial charge in [0.05, 0.1) is 12.6 Å². The van der Waals surface area contributed by atoms with Gasteiger partial charge in [-0.2, -0.15) is 0 Å². The second kappa shape index (κ2) is 7.84. The van der Waals surface area contributed by atoms with Gasteiger partial charge in [0.1, 0.15) is 5.75 Å². The van der Waals surface area contributed by atoms with Crippen molar-refractivity contribution in [2.75, 3.05) is 20.3 Å². The topological polar surface area (TPSA) is 61.5 Å². The van der Waals surface area contributed by atoms with E-state index in [4.69, 9.17) is 15.2 Å². The molecule has 100 valence electrons. The lowest BCUT2D eigenvalue weighted by atomic mass is 10.0. The Kier molecular flexibility index (Phi) is 6.39. The van der Waals surface area contributed by atoms with Gasteiger partial charge in [0.2, 0.25) is 0 Å². The summed E-state index contributed by atoms with van der Waals surface area (Å²) in [6.07, 6.45) is 1.49. The molecule has 1 rings (SSSR count). The largest absolute Gasteiger partial charge is 0.494 e. The number of ether oxygens (including phenoxy) is 2. The summed E-state index contributed by atoms with van der Waals surface area (Å²) in [6.45, 7) is 3.22. The van der Waals surface area contributed by atoms with E-state index in [1.807, 2.05) is 6.92 Å². The molecule has 0 bridgehead atoms. The number of Topliss-reactive ketones (excluding diaryl/α,β-unsaturated/α-hetero) is 1. The predicted molar refractivity (Wildman–Crippen MR) is 71.0 cm³/mol. The first-order chi connectivity index (χ1) is 8.69. The zero-order valence-corrected chi connectivity index (χ0v) is 11.0. The Bertz CT molecular complexity index is 362. The number of ketones is 1. The van der Waals surface area contributed by atoms with Crippen molar-refractivity contribution in [1.82, 2.24) is 0 Å². The monoisotopic (exact) mass is 251 g/mol. The van der Waals surface area contributed by atoms with Crippen LogP contribution < -0.4 is 10.5 Å². The van der Waals surface area contributed by atoms with Crippen molar-refractivity contribution < 1.29 is 14.3 Å². The fourth-order valence-electron chi connectivity index (χ4n) is 1.53. The Hall–Kier alpha value is -1.39. The average Bonchev–Trinajstić information content (AvgIpc) is 2.42. The van der Waals surface area contributed by atoms with Gasteiger partial charge < -0.3 is 15.2 Å². The van der Waals surface area contributed by atoms with Crippen LogP contribution in [0.25, 0.3) is 0 Å². The standard InChI is InChI=1S/C14H21NO3/c1-3-9-18-12-6-4-11(5-7-12)14(16)13(15)8-10-17-2/h4-7,13H,3,8-10,15H2,1-2H3. The molecule has 1 atom stereocenters. The molecule has 0 spiro atoms. The first-order valence-electron chi connectivity index (χ1n) is 6.20. The zero-order valence-electron chi connectivity index (χ0n) is 11.0. The summed E-state index contributed by atoms with van der Waals surface area (Å²) in [4.78, 5) is 12.0. The van der Waals surface area contributed by atoms with Crippen molar-refractivity contribution in [2.24, 2.45) is 5.73 Å². The van der Waals surface area contributed by atoms with E-state index in [0.717, 1.165) is 12.2 Å². The summed E-state index contributed by atoms with van der Waals surface area (Å²) in [5.74, 6) is 0.716. The minimum absolute atomic E-state index is 0.0610. The quantitative estimate of drug-likeness (QED) is 0.718. The van der Waals surface area contributed by atoms with Crippen LogP contribution in [-0.4, -0.2) is 32.1 Å². The van der Waals surface area contributed by atoms with E-state index < -0.39 is 6.04 Å². The molecule has 0 aromatic heterocycles. The molecule has 4 nitrogen and oxygen atoms in total. The lowest BCUT2D eigenvalue weighted by Crippen LogP contribution is -2.31. The smallest absolute Gasteiger partial charge is 0.179 e. The van der Waals surface area contributed by atoms with Gasteiger partial charge in [-0.05, 0) is 37.1 Å². The highest BCUT2D eigenvalue weighted by Gasteiger charge is 2.15. The maximum absolute atomic E-state index is 12.0. The SMILES string of the molecule is CCCOc1ccc(C(=O)C(N)CCOC)cc1. The summed E-state index contributed by atoms with van der Waals surface area (Å²) in [5, 5.41) is 0. The van der Waals surface area contributed by atoms with Crippen LogP contribution in [0.1, 0.15) is 30.1 Å². The molecule has 0 amide bonds. The number of carbonyl (C=O) groups is 1. The van der Waals surface area contributed by atoms with Crippen LogP contribution in [0.5, 0.6) is 5.75 Å². The third kappa shape index (κ3) is 4.47. The van der Waals surface area contributed by atoms with Crippen molar-refractivity contribution in [3.05, 3.63) is 29.8 Å². The van der Waals surface area contributed by atoms with Crippen LogP contribution in [0.15, 0.2) is 24.3 Å². The third-order valence-electron chi connectivity index (χ3n) is 2.58. The van der Waals surface area contributed by atoms with E-state index in [1.54, 1.807) is 31.4 Å². The minimum Gasteiger partial charge on any atom is -0.494 e. The number of hydrogen-bond acceptors (Lipinski definition) is 4. The molecule has 18 heavy (non-hydrogen) atoms. The van der Waals surface area contributed by atoms with Crippen LogP contribution >= 0.6 is 0 Å². The summed E-state index contributed by atoms with van der Waals surface area (Å²) >= 11 is 0. The Morgan fingerprint density at radius 3 is 2.50 bits per heavy atom. The van der Waals surface area contributed by atoms with Crippen LogP contribution in [0.3, 0.4) is 0 Å². The number of nitrogens with two attached hydrogens (primary N) is 1. The Morgan fingerprint density at radius 2 is 1.94 bits per heavy atom. The first kappa shape index (κ1) is 14.7. The molecule has 0 fully saturated rings. The summed E-state index contributed by atoms with van der Waals surface area (Å²) in [7, 11) is 1.59. The predicted octanol–water partition coefficient (Wildman–Crippen LogP) is 2.02. The van der Waals surface area contributed by atoms with E-state index in [-0.39, 0.29) is 5.78 Å². The highest BCUT2D eigenvalue weighted by Crippen LogP contribution is 2.14. The number of methoxy groups -OCH3 is 1. The second-order valence-electron chi connectivity index (χ2n) is 4.13. The van der Waals surface area contributed by atoms with Crippen molar-refractivity contribution in [1.29, 1.82) is 0 Å². The fraction of sp³-hybridized carbons (Fsp3) is 0.500. The molecule has 1 aromatic carbocycles. The Morgan fingerprint density at radius 1 is 1.28 bits per heavy atom. The number of benzene rings is 1. The van der Waals surface area contributed by atoms with Gasteiger partial charge in [-0.25, -0.2) is 0 Å². The second-order valence-corrected chi connectivity index (χ2v) is 4.13. The number of hydrogen-bond donors (Lipinski definition) is 1. The van der Waals surface area contributed by atoms with Crippen LogP contribution in [0.2, 0.25) is 0 Å². The Balaban J connectivity index is 2.58. The molecule has 0 saturated carbocycles. The minimum atomic E-state index is -0.507. The lowest BCUT2D eigenvalue weighted by molar-refractivity contribution is 0.0935. The first-order valence-corrected chi connectivity index (χ1v) is 6.20. The molecule has 0 heterocycles. The molecule has 0 aliphatic rings. The van der Waals surface area contributed by atoms with Gasteiger partial charge in [0, 0.05) is 19.3 Å². The van der Waals surface area contributed by atoms with Gasteiger partial charge in [-0.3, -0.25) is 4.79 Å². The van der Waals surface area contributed by atoms with Crippen molar-refractivity contribution in [3.63, 3.8) is 0 Å². The number of rotatable bonds is 8. The average molecular weight is 251 g/mol. The molecular weight excluding hydrogens is 230 g/mol. The third-order valence-corrected chi connectivity index (χ3v) is 2.58. The van der Waals surface area contributed by atoms with E-state index in [1.165, 1.54) is 0 Å². The van der Waals surface area contributed by atoms with Crippen LogP contribution in [0, 0.1) is 0 Å². The normalized spacial score (nSPS) is 12.2. The van der Waals surface area contributed by atoms with E-state index in [0.29, 0.717) is 25.2 Å². The van der Waals surface area contributed by atoms with E-state index in [9.17, 15) is 4.79 Å². The Labute approximate surface area is 108 Å². The maximum atomic E-state index is 12.0. The van der Waals surface area contributed by atoms with E-state index in [2.05, 4.69) is 0 Å². The van der Waals surface area contributed by atoms with Gasteiger partial charge in [0.25, 0.3) is 0 Å². The summed E-state index contributed by atoms with van der Waals surface area (Å²) < 4.78 is 10.4. The van der Waals surface area contributed by atoms with Crippen LogP contribution in [-0.2, 0) is 4.74 Å². The highest BCUT2D eigenvalue weighted by atomic mass is 16.5. The van der Waals surface area contributed by atoms with Crippen molar-refractivity contribution in [2.45, 2.75) is 25.8 Å². The summed E-state index contributed by atoms with van der Waals surface area (Å²) in [6, 6.07) is 6.59. The van der Waals surface area contributed by atoms with Gasteiger partial charge in [0.15, 0.2) is 5.78 Å². The molecular formula is C14H21NO3. The molecule has 0 saturated heterocycles. The lowest BCUT2D eigenvalue weighted by Gasteiger charge is -2.10.